The summed E-state index contributed by atoms with van der Waals surface area (Å²) in [5.74, 6) is 0. The van der Waals surface area contributed by atoms with Gasteiger partial charge in [0.15, 0.2) is 0 Å². The van der Waals surface area contributed by atoms with Gasteiger partial charge in [0.2, 0.25) is 0 Å². The topological polar surface area (TPSA) is 15.3 Å². The van der Waals surface area contributed by atoms with Gasteiger partial charge in [-0.25, -0.2) is 0 Å². The Balaban J connectivity index is 2.01. The zero-order chi connectivity index (χ0) is 10.7. The smallest absolute Gasteiger partial charge is 0.0386 e. The first-order chi connectivity index (χ1) is 7.27. The van der Waals surface area contributed by atoms with E-state index in [9.17, 15) is 0 Å². The van der Waals surface area contributed by atoms with Crippen molar-refractivity contribution in [1.29, 1.82) is 0 Å². The van der Waals surface area contributed by atoms with Crippen LogP contribution in [0.4, 0.5) is 5.69 Å². The molecule has 0 radical (unpaired) electrons. The van der Waals surface area contributed by atoms with E-state index in [-0.39, 0.29) is 0 Å². The van der Waals surface area contributed by atoms with E-state index in [1.165, 1.54) is 11.3 Å². The van der Waals surface area contributed by atoms with Crippen LogP contribution in [0.2, 0.25) is 0 Å². The number of hydrogen-bond acceptors (Lipinski definition) is 2. The highest BCUT2D eigenvalue weighted by atomic mass is 15.1. The number of rotatable bonds is 3. The number of anilines is 1. The van der Waals surface area contributed by atoms with Crippen LogP contribution in [-0.4, -0.2) is 26.7 Å². The average molecular weight is 202 g/mol. The van der Waals surface area contributed by atoms with Gasteiger partial charge >= 0.3 is 0 Å². The van der Waals surface area contributed by atoms with E-state index >= 15 is 0 Å². The van der Waals surface area contributed by atoms with E-state index in [2.05, 4.69) is 54.5 Å². The lowest BCUT2D eigenvalue weighted by Gasteiger charge is -2.26. The van der Waals surface area contributed by atoms with Crippen molar-refractivity contribution in [3.05, 3.63) is 41.5 Å². The van der Waals surface area contributed by atoms with E-state index in [1.54, 1.807) is 5.57 Å². The van der Waals surface area contributed by atoms with Gasteiger partial charge in [0.1, 0.15) is 0 Å². The maximum atomic E-state index is 3.28. The summed E-state index contributed by atoms with van der Waals surface area (Å²) in [6.07, 6.45) is 0. The van der Waals surface area contributed by atoms with E-state index in [1.807, 2.05) is 0 Å². The van der Waals surface area contributed by atoms with E-state index in [0.717, 1.165) is 19.6 Å². The molecule has 0 amide bonds. The van der Waals surface area contributed by atoms with Gasteiger partial charge in [-0.15, -0.1) is 0 Å². The molecule has 2 nitrogen and oxygen atoms in total. The Labute approximate surface area is 91.6 Å². The minimum atomic E-state index is 1.03. The van der Waals surface area contributed by atoms with Crippen molar-refractivity contribution in [3.63, 3.8) is 0 Å². The summed E-state index contributed by atoms with van der Waals surface area (Å²) in [6.45, 7) is 5.42. The van der Waals surface area contributed by atoms with Crippen LogP contribution in [-0.2, 0) is 0 Å². The van der Waals surface area contributed by atoms with E-state index in [0.29, 0.717) is 0 Å². The number of hydrogen-bond donors (Lipinski definition) is 1. The standard InChI is InChI=1S/C13H18N2/c1-11(12-8-14-9-12)10-15(2)13-6-4-3-5-7-13/h3-7,14H,8-10H2,1-2H3. The van der Waals surface area contributed by atoms with Crippen LogP contribution in [0.15, 0.2) is 41.5 Å². The lowest BCUT2D eigenvalue weighted by Crippen LogP contribution is -2.36. The Kier molecular flexibility index (Phi) is 3.07. The van der Waals surface area contributed by atoms with Crippen molar-refractivity contribution in [1.82, 2.24) is 5.32 Å². The maximum absolute atomic E-state index is 3.28. The third-order valence-electron chi connectivity index (χ3n) is 2.95. The number of nitrogens with one attached hydrogen (secondary N) is 1. The van der Waals surface area contributed by atoms with Gasteiger partial charge < -0.3 is 10.2 Å². The lowest BCUT2D eigenvalue weighted by molar-refractivity contribution is 0.653. The molecule has 1 saturated heterocycles. The van der Waals surface area contributed by atoms with Gasteiger partial charge in [-0.3, -0.25) is 0 Å². The highest BCUT2D eigenvalue weighted by molar-refractivity contribution is 5.46. The molecular formula is C13H18N2. The molecule has 1 heterocycles. The van der Waals surface area contributed by atoms with Crippen molar-refractivity contribution in [2.24, 2.45) is 0 Å². The molecule has 15 heavy (non-hydrogen) atoms. The summed E-state index contributed by atoms with van der Waals surface area (Å²) in [4.78, 5) is 2.29. The number of para-hydroxylation sites is 1. The minimum Gasteiger partial charge on any atom is -0.371 e. The number of nitrogens with zero attached hydrogens (tertiary/aromatic N) is 1. The summed E-state index contributed by atoms with van der Waals surface area (Å²) in [5, 5.41) is 3.28. The molecule has 80 valence electrons. The fraction of sp³-hybridized carbons (Fsp3) is 0.385. The third kappa shape index (κ3) is 2.39. The third-order valence-corrected chi connectivity index (χ3v) is 2.95. The SMILES string of the molecule is CC(CN(C)c1ccccc1)=C1CNC1. The molecule has 1 aromatic rings. The maximum Gasteiger partial charge on any atom is 0.0386 e. The van der Waals surface area contributed by atoms with Gasteiger partial charge in [-0.2, -0.15) is 0 Å². The monoisotopic (exact) mass is 202 g/mol. The number of likely N-dealkylation sites (N-methyl/N-ethyl adjacent to an activating group) is 1. The molecule has 0 aromatic heterocycles. The van der Waals surface area contributed by atoms with Gasteiger partial charge in [0.25, 0.3) is 0 Å². The zero-order valence-corrected chi connectivity index (χ0v) is 9.46. The van der Waals surface area contributed by atoms with Crippen molar-refractivity contribution in [3.8, 4) is 0 Å². The largest absolute Gasteiger partial charge is 0.371 e. The molecule has 1 aromatic carbocycles. The van der Waals surface area contributed by atoms with Crippen LogP contribution in [0.1, 0.15) is 6.92 Å². The predicted molar refractivity (Wildman–Crippen MR) is 65.3 cm³/mol. The molecule has 1 aliphatic heterocycles. The van der Waals surface area contributed by atoms with Crippen LogP contribution in [0.5, 0.6) is 0 Å². The molecule has 1 aliphatic rings. The zero-order valence-electron chi connectivity index (χ0n) is 9.46. The van der Waals surface area contributed by atoms with Crippen molar-refractivity contribution in [2.75, 3.05) is 31.6 Å². The Morgan fingerprint density at radius 3 is 2.47 bits per heavy atom. The first kappa shape index (κ1) is 10.2. The molecule has 0 spiro atoms. The second kappa shape index (κ2) is 4.49. The summed E-state index contributed by atoms with van der Waals surface area (Å²) in [6, 6.07) is 10.5. The van der Waals surface area contributed by atoms with E-state index < -0.39 is 0 Å². The van der Waals surface area contributed by atoms with Crippen molar-refractivity contribution in [2.45, 2.75) is 6.92 Å². The lowest BCUT2D eigenvalue weighted by atomic mass is 10.0. The first-order valence-corrected chi connectivity index (χ1v) is 5.42. The fourth-order valence-corrected chi connectivity index (χ4v) is 1.79. The molecule has 2 heteroatoms. The average Bonchev–Trinajstić information content (AvgIpc) is 2.16. The van der Waals surface area contributed by atoms with E-state index in [4.69, 9.17) is 0 Å². The summed E-state index contributed by atoms with van der Waals surface area (Å²) < 4.78 is 0. The van der Waals surface area contributed by atoms with Gasteiger partial charge in [0.05, 0.1) is 0 Å². The Morgan fingerprint density at radius 2 is 1.93 bits per heavy atom. The minimum absolute atomic E-state index is 1.03. The first-order valence-electron chi connectivity index (χ1n) is 5.42. The number of benzene rings is 1. The van der Waals surface area contributed by atoms with Crippen LogP contribution in [0, 0.1) is 0 Å². The second-order valence-electron chi connectivity index (χ2n) is 4.18. The normalized spacial score (nSPS) is 14.7. The van der Waals surface area contributed by atoms with Crippen molar-refractivity contribution < 1.29 is 0 Å². The molecule has 0 unspecified atom stereocenters. The Morgan fingerprint density at radius 1 is 1.27 bits per heavy atom. The van der Waals surface area contributed by atoms with Crippen molar-refractivity contribution >= 4 is 5.69 Å². The van der Waals surface area contributed by atoms with Gasteiger partial charge in [0, 0.05) is 32.4 Å². The highest BCUT2D eigenvalue weighted by Gasteiger charge is 2.11. The van der Waals surface area contributed by atoms with Crippen LogP contribution < -0.4 is 10.2 Å². The predicted octanol–water partition coefficient (Wildman–Crippen LogP) is 2.04. The van der Waals surface area contributed by atoms with Crippen LogP contribution in [0.3, 0.4) is 0 Å². The molecule has 1 fully saturated rings. The van der Waals surface area contributed by atoms with Crippen LogP contribution >= 0.6 is 0 Å². The summed E-state index contributed by atoms with van der Waals surface area (Å²) in [5.41, 5.74) is 4.35. The fourth-order valence-electron chi connectivity index (χ4n) is 1.79. The summed E-state index contributed by atoms with van der Waals surface area (Å²) >= 11 is 0. The quantitative estimate of drug-likeness (QED) is 0.755. The molecule has 2 rings (SSSR count). The molecule has 1 N–H and O–H groups in total. The summed E-state index contributed by atoms with van der Waals surface area (Å²) in [7, 11) is 2.14. The molecule has 0 aliphatic carbocycles. The molecule has 0 saturated carbocycles. The van der Waals surface area contributed by atoms with Gasteiger partial charge in [-0.1, -0.05) is 23.8 Å². The molecule has 0 bridgehead atoms. The molecular weight excluding hydrogens is 184 g/mol. The molecule has 0 atom stereocenters. The second-order valence-corrected chi connectivity index (χ2v) is 4.18. The van der Waals surface area contributed by atoms with Gasteiger partial charge in [-0.05, 0) is 24.6 Å². The Bertz CT molecular complexity index is 348. The highest BCUT2D eigenvalue weighted by Crippen LogP contribution is 2.15. The van der Waals surface area contributed by atoms with Crippen LogP contribution in [0.25, 0.3) is 0 Å². The Hall–Kier alpha value is -1.28.